The van der Waals surface area contributed by atoms with Crippen molar-refractivity contribution in [3.63, 3.8) is 0 Å². The predicted octanol–water partition coefficient (Wildman–Crippen LogP) is 1.94. The van der Waals surface area contributed by atoms with Gasteiger partial charge in [-0.05, 0) is 57.8 Å². The van der Waals surface area contributed by atoms with Crippen LogP contribution in [0.15, 0.2) is 0 Å². The highest BCUT2D eigenvalue weighted by molar-refractivity contribution is 5.94. The summed E-state index contributed by atoms with van der Waals surface area (Å²) < 4.78 is 0. The Bertz CT molecular complexity index is 537. The first-order valence-corrected chi connectivity index (χ1v) is 7.32. The molecule has 0 unspecified atom stereocenters. The average molecular weight is 292 g/mol. The minimum Gasteiger partial charge on any atom is -0.478 e. The summed E-state index contributed by atoms with van der Waals surface area (Å²) in [4.78, 5) is 13.8. The van der Waals surface area contributed by atoms with Gasteiger partial charge < -0.3 is 15.3 Å². The zero-order chi connectivity index (χ0) is 15.6. The summed E-state index contributed by atoms with van der Waals surface area (Å²) >= 11 is 0. The SMILES string of the molecule is Cc1nnc(NCC2(C)CCN(C)CC2)c(C(=O)O)c1C. The summed E-state index contributed by atoms with van der Waals surface area (Å²) in [6.45, 7) is 8.65. The Hall–Kier alpha value is -1.69. The van der Waals surface area contributed by atoms with E-state index in [4.69, 9.17) is 0 Å². The van der Waals surface area contributed by atoms with Crippen LogP contribution in [0.25, 0.3) is 0 Å². The highest BCUT2D eigenvalue weighted by atomic mass is 16.4. The molecule has 0 aliphatic carbocycles. The molecule has 0 amide bonds. The molecule has 2 rings (SSSR count). The molecule has 1 fully saturated rings. The second-order valence-electron chi connectivity index (χ2n) is 6.41. The monoisotopic (exact) mass is 292 g/mol. The van der Waals surface area contributed by atoms with E-state index in [0.29, 0.717) is 17.1 Å². The molecule has 1 aliphatic heterocycles. The van der Waals surface area contributed by atoms with Gasteiger partial charge in [0.1, 0.15) is 5.56 Å². The lowest BCUT2D eigenvalue weighted by molar-refractivity contribution is 0.0696. The molecule has 0 atom stereocenters. The minimum atomic E-state index is -0.957. The Morgan fingerprint density at radius 2 is 1.95 bits per heavy atom. The number of aryl methyl sites for hydroxylation is 1. The standard InChI is InChI=1S/C15H24N4O2/c1-10-11(2)17-18-13(12(10)14(20)21)16-9-15(3)5-7-19(4)8-6-15/h5-9H2,1-4H3,(H,16,18)(H,20,21). The summed E-state index contributed by atoms with van der Waals surface area (Å²) in [6, 6.07) is 0. The van der Waals surface area contributed by atoms with Crippen molar-refractivity contribution in [2.24, 2.45) is 5.41 Å². The topological polar surface area (TPSA) is 78.4 Å². The molecule has 1 aromatic rings. The summed E-state index contributed by atoms with van der Waals surface area (Å²) in [6.07, 6.45) is 2.19. The first-order valence-electron chi connectivity index (χ1n) is 7.32. The van der Waals surface area contributed by atoms with Crippen molar-refractivity contribution in [1.82, 2.24) is 15.1 Å². The van der Waals surface area contributed by atoms with Gasteiger partial charge >= 0.3 is 5.97 Å². The Balaban J connectivity index is 2.13. The molecule has 21 heavy (non-hydrogen) atoms. The molecule has 6 nitrogen and oxygen atoms in total. The van der Waals surface area contributed by atoms with E-state index in [1.807, 2.05) is 0 Å². The summed E-state index contributed by atoms with van der Waals surface area (Å²) in [5.41, 5.74) is 1.74. The number of hydrogen-bond acceptors (Lipinski definition) is 5. The van der Waals surface area contributed by atoms with Gasteiger partial charge in [0.25, 0.3) is 0 Å². The quantitative estimate of drug-likeness (QED) is 0.883. The van der Waals surface area contributed by atoms with Crippen LogP contribution in [-0.4, -0.2) is 52.9 Å². The van der Waals surface area contributed by atoms with Crippen LogP contribution in [-0.2, 0) is 0 Å². The van der Waals surface area contributed by atoms with Gasteiger partial charge in [0.05, 0.1) is 5.69 Å². The van der Waals surface area contributed by atoms with Crippen molar-refractivity contribution in [2.75, 3.05) is 32.0 Å². The number of rotatable bonds is 4. The summed E-state index contributed by atoms with van der Waals surface area (Å²) in [5.74, 6) is -0.577. The highest BCUT2D eigenvalue weighted by Crippen LogP contribution is 2.31. The molecule has 1 saturated heterocycles. The number of piperidine rings is 1. The van der Waals surface area contributed by atoms with Crippen molar-refractivity contribution in [3.8, 4) is 0 Å². The zero-order valence-electron chi connectivity index (χ0n) is 13.2. The predicted molar refractivity (Wildman–Crippen MR) is 81.8 cm³/mol. The molecule has 2 N–H and O–H groups in total. The number of hydrogen-bond donors (Lipinski definition) is 2. The molecular weight excluding hydrogens is 268 g/mol. The van der Waals surface area contributed by atoms with Gasteiger partial charge in [0.2, 0.25) is 0 Å². The van der Waals surface area contributed by atoms with Crippen molar-refractivity contribution in [3.05, 3.63) is 16.8 Å². The van der Waals surface area contributed by atoms with Crippen LogP contribution in [0.3, 0.4) is 0 Å². The van der Waals surface area contributed by atoms with Gasteiger partial charge in [0, 0.05) is 6.54 Å². The highest BCUT2D eigenvalue weighted by Gasteiger charge is 2.29. The normalized spacial score (nSPS) is 18.5. The Morgan fingerprint density at radius 1 is 1.33 bits per heavy atom. The third-order valence-electron chi connectivity index (χ3n) is 4.55. The van der Waals surface area contributed by atoms with Gasteiger partial charge in [-0.2, -0.15) is 5.10 Å². The molecule has 116 valence electrons. The smallest absolute Gasteiger partial charge is 0.339 e. The second-order valence-corrected chi connectivity index (χ2v) is 6.41. The van der Waals surface area contributed by atoms with E-state index in [1.54, 1.807) is 13.8 Å². The number of aromatic carboxylic acids is 1. The van der Waals surface area contributed by atoms with Crippen molar-refractivity contribution in [2.45, 2.75) is 33.6 Å². The van der Waals surface area contributed by atoms with Crippen LogP contribution >= 0.6 is 0 Å². The van der Waals surface area contributed by atoms with E-state index in [-0.39, 0.29) is 11.0 Å². The summed E-state index contributed by atoms with van der Waals surface area (Å²) in [7, 11) is 2.13. The number of likely N-dealkylation sites (tertiary alicyclic amines) is 1. The fraction of sp³-hybridized carbons (Fsp3) is 0.667. The number of carboxylic acid groups (broad SMARTS) is 1. The van der Waals surface area contributed by atoms with Gasteiger partial charge in [0.15, 0.2) is 5.82 Å². The maximum atomic E-state index is 11.5. The number of nitrogens with zero attached hydrogens (tertiary/aromatic N) is 3. The van der Waals surface area contributed by atoms with E-state index in [1.165, 1.54) is 0 Å². The first kappa shape index (κ1) is 15.7. The van der Waals surface area contributed by atoms with Crippen LogP contribution in [0.1, 0.15) is 41.4 Å². The Labute approximate surface area is 125 Å². The molecule has 1 aromatic heterocycles. The molecule has 0 spiro atoms. The molecule has 1 aliphatic rings. The van der Waals surface area contributed by atoms with Crippen LogP contribution < -0.4 is 5.32 Å². The fourth-order valence-electron chi connectivity index (χ4n) is 2.63. The third kappa shape index (κ3) is 3.50. The van der Waals surface area contributed by atoms with Crippen molar-refractivity contribution in [1.29, 1.82) is 0 Å². The lowest BCUT2D eigenvalue weighted by Crippen LogP contribution is -2.40. The molecule has 6 heteroatoms. The minimum absolute atomic E-state index is 0.169. The third-order valence-corrected chi connectivity index (χ3v) is 4.55. The van der Waals surface area contributed by atoms with E-state index in [9.17, 15) is 9.90 Å². The van der Waals surface area contributed by atoms with Gasteiger partial charge in [-0.1, -0.05) is 6.92 Å². The summed E-state index contributed by atoms with van der Waals surface area (Å²) in [5, 5.41) is 20.7. The molecule has 0 saturated carbocycles. The van der Waals surface area contributed by atoms with Gasteiger partial charge in [-0.15, -0.1) is 5.10 Å². The average Bonchev–Trinajstić information content (AvgIpc) is 2.43. The van der Waals surface area contributed by atoms with Gasteiger partial charge in [-0.25, -0.2) is 4.79 Å². The van der Waals surface area contributed by atoms with Crippen molar-refractivity contribution < 1.29 is 9.90 Å². The maximum Gasteiger partial charge on any atom is 0.339 e. The van der Waals surface area contributed by atoms with E-state index < -0.39 is 5.97 Å². The number of anilines is 1. The van der Waals surface area contributed by atoms with Crippen LogP contribution in [0.5, 0.6) is 0 Å². The Morgan fingerprint density at radius 3 is 2.52 bits per heavy atom. The molecule has 0 bridgehead atoms. The number of aromatic nitrogens is 2. The first-order chi connectivity index (χ1) is 9.82. The maximum absolute atomic E-state index is 11.5. The van der Waals surface area contributed by atoms with Crippen molar-refractivity contribution >= 4 is 11.8 Å². The van der Waals surface area contributed by atoms with Gasteiger partial charge in [-0.3, -0.25) is 0 Å². The van der Waals surface area contributed by atoms with Crippen LogP contribution in [0, 0.1) is 19.3 Å². The molecule has 2 heterocycles. The van der Waals surface area contributed by atoms with Crippen LogP contribution in [0.2, 0.25) is 0 Å². The molecule has 0 aromatic carbocycles. The molecular formula is C15H24N4O2. The lowest BCUT2D eigenvalue weighted by Gasteiger charge is -2.38. The van der Waals surface area contributed by atoms with E-state index in [2.05, 4.69) is 34.4 Å². The fourth-order valence-corrected chi connectivity index (χ4v) is 2.63. The number of carboxylic acids is 1. The zero-order valence-corrected chi connectivity index (χ0v) is 13.2. The largest absolute Gasteiger partial charge is 0.478 e. The lowest BCUT2D eigenvalue weighted by atomic mass is 9.80. The van der Waals surface area contributed by atoms with E-state index >= 15 is 0 Å². The van der Waals surface area contributed by atoms with Crippen LogP contribution in [0.4, 0.5) is 5.82 Å². The number of nitrogens with one attached hydrogen (secondary N) is 1. The van der Waals surface area contributed by atoms with E-state index in [0.717, 1.165) is 32.5 Å². The number of carbonyl (C=O) groups is 1. The molecule has 0 radical (unpaired) electrons. The Kier molecular flexibility index (Phi) is 4.46. The second kappa shape index (κ2) is 5.97.